The van der Waals surface area contributed by atoms with Crippen LogP contribution in [0.5, 0.6) is 0 Å². The standard InChI is InChI=1S/C18H22N2O/c1-20-11-12-21-18(14-20)13-19-17-9-7-16(8-10-17)15-5-3-2-4-6-15/h2-10,18-19H,11-14H2,1H3. The zero-order valence-electron chi connectivity index (χ0n) is 12.5. The van der Waals surface area contributed by atoms with Gasteiger partial charge < -0.3 is 15.0 Å². The van der Waals surface area contributed by atoms with Gasteiger partial charge in [-0.25, -0.2) is 0 Å². The highest BCUT2D eigenvalue weighted by atomic mass is 16.5. The van der Waals surface area contributed by atoms with Gasteiger partial charge in [-0.2, -0.15) is 0 Å². The van der Waals surface area contributed by atoms with Gasteiger partial charge in [0.25, 0.3) is 0 Å². The van der Waals surface area contributed by atoms with Gasteiger partial charge in [0.05, 0.1) is 12.7 Å². The molecule has 2 aromatic rings. The molecule has 3 rings (SSSR count). The molecule has 1 atom stereocenters. The summed E-state index contributed by atoms with van der Waals surface area (Å²) in [7, 11) is 2.14. The van der Waals surface area contributed by atoms with Gasteiger partial charge in [0.15, 0.2) is 0 Å². The highest BCUT2D eigenvalue weighted by molar-refractivity contribution is 5.65. The summed E-state index contributed by atoms with van der Waals surface area (Å²) in [4.78, 5) is 2.31. The van der Waals surface area contributed by atoms with E-state index in [9.17, 15) is 0 Å². The van der Waals surface area contributed by atoms with Crippen LogP contribution in [-0.2, 0) is 4.74 Å². The fourth-order valence-electron chi connectivity index (χ4n) is 2.63. The van der Waals surface area contributed by atoms with Crippen LogP contribution in [0, 0.1) is 0 Å². The highest BCUT2D eigenvalue weighted by Gasteiger charge is 2.16. The largest absolute Gasteiger partial charge is 0.382 e. The molecule has 21 heavy (non-hydrogen) atoms. The molecule has 1 unspecified atom stereocenters. The van der Waals surface area contributed by atoms with Crippen molar-refractivity contribution in [1.82, 2.24) is 4.90 Å². The number of likely N-dealkylation sites (N-methyl/N-ethyl adjacent to an activating group) is 1. The van der Waals surface area contributed by atoms with Crippen LogP contribution in [-0.4, -0.2) is 44.3 Å². The zero-order valence-corrected chi connectivity index (χ0v) is 12.5. The van der Waals surface area contributed by atoms with Crippen molar-refractivity contribution < 1.29 is 4.74 Å². The summed E-state index contributed by atoms with van der Waals surface area (Å²) in [6, 6.07) is 19.0. The number of rotatable bonds is 4. The van der Waals surface area contributed by atoms with Crippen molar-refractivity contribution in [3.63, 3.8) is 0 Å². The van der Waals surface area contributed by atoms with E-state index in [0.29, 0.717) is 0 Å². The highest BCUT2D eigenvalue weighted by Crippen LogP contribution is 2.21. The monoisotopic (exact) mass is 282 g/mol. The van der Waals surface area contributed by atoms with Gasteiger partial charge in [-0.3, -0.25) is 0 Å². The summed E-state index contributed by atoms with van der Waals surface area (Å²) in [6.07, 6.45) is 0.276. The number of anilines is 1. The first-order valence-electron chi connectivity index (χ1n) is 7.51. The first kappa shape index (κ1) is 14.1. The number of morpholine rings is 1. The molecule has 0 saturated carbocycles. The average molecular weight is 282 g/mol. The van der Waals surface area contributed by atoms with Gasteiger partial charge in [0.1, 0.15) is 0 Å². The Balaban J connectivity index is 1.57. The summed E-state index contributed by atoms with van der Waals surface area (Å²) in [5.74, 6) is 0. The molecule has 1 aliphatic heterocycles. The minimum atomic E-state index is 0.276. The lowest BCUT2D eigenvalue weighted by molar-refractivity contribution is -0.0117. The Morgan fingerprint density at radius 1 is 1.05 bits per heavy atom. The van der Waals surface area contributed by atoms with Crippen molar-refractivity contribution in [2.75, 3.05) is 38.6 Å². The summed E-state index contributed by atoms with van der Waals surface area (Å²) >= 11 is 0. The molecule has 2 aromatic carbocycles. The molecule has 1 fully saturated rings. The van der Waals surface area contributed by atoms with Crippen molar-refractivity contribution in [2.45, 2.75) is 6.10 Å². The van der Waals surface area contributed by atoms with Gasteiger partial charge in [-0.05, 0) is 30.3 Å². The molecular weight excluding hydrogens is 260 g/mol. The van der Waals surface area contributed by atoms with Crippen molar-refractivity contribution in [1.29, 1.82) is 0 Å². The summed E-state index contributed by atoms with van der Waals surface area (Å²) < 4.78 is 5.76. The Kier molecular flexibility index (Phi) is 4.53. The van der Waals surface area contributed by atoms with E-state index in [0.717, 1.165) is 31.9 Å². The van der Waals surface area contributed by atoms with Crippen LogP contribution in [0.1, 0.15) is 0 Å². The quantitative estimate of drug-likeness (QED) is 0.932. The second-order valence-corrected chi connectivity index (χ2v) is 5.58. The Labute approximate surface area is 126 Å². The second-order valence-electron chi connectivity index (χ2n) is 5.58. The van der Waals surface area contributed by atoms with Crippen molar-refractivity contribution in [3.8, 4) is 11.1 Å². The number of benzene rings is 2. The smallest absolute Gasteiger partial charge is 0.0874 e. The number of hydrogen-bond acceptors (Lipinski definition) is 3. The molecule has 1 heterocycles. The van der Waals surface area contributed by atoms with Gasteiger partial charge >= 0.3 is 0 Å². The first-order valence-corrected chi connectivity index (χ1v) is 7.51. The maximum Gasteiger partial charge on any atom is 0.0874 e. The molecule has 1 saturated heterocycles. The third-order valence-corrected chi connectivity index (χ3v) is 3.87. The van der Waals surface area contributed by atoms with Gasteiger partial charge in [0, 0.05) is 25.3 Å². The molecule has 0 spiro atoms. The molecule has 0 aliphatic carbocycles. The Morgan fingerprint density at radius 3 is 2.48 bits per heavy atom. The van der Waals surface area contributed by atoms with E-state index in [-0.39, 0.29) is 6.10 Å². The van der Waals surface area contributed by atoms with Crippen molar-refractivity contribution >= 4 is 5.69 Å². The molecule has 0 bridgehead atoms. The third-order valence-electron chi connectivity index (χ3n) is 3.87. The number of ether oxygens (including phenoxy) is 1. The summed E-state index contributed by atoms with van der Waals surface area (Å²) in [6.45, 7) is 3.71. The average Bonchev–Trinajstić information content (AvgIpc) is 2.54. The lowest BCUT2D eigenvalue weighted by atomic mass is 10.1. The Bertz CT molecular complexity index is 553. The number of hydrogen-bond donors (Lipinski definition) is 1. The van der Waals surface area contributed by atoms with Crippen LogP contribution in [0.4, 0.5) is 5.69 Å². The van der Waals surface area contributed by atoms with Crippen LogP contribution in [0.3, 0.4) is 0 Å². The number of nitrogens with one attached hydrogen (secondary N) is 1. The Hall–Kier alpha value is -1.84. The normalized spacial score (nSPS) is 19.4. The van der Waals surface area contributed by atoms with E-state index in [1.54, 1.807) is 0 Å². The molecule has 0 radical (unpaired) electrons. The fraction of sp³-hybridized carbons (Fsp3) is 0.333. The van der Waals surface area contributed by atoms with Crippen LogP contribution in [0.2, 0.25) is 0 Å². The molecule has 110 valence electrons. The second kappa shape index (κ2) is 6.74. The van der Waals surface area contributed by atoms with Gasteiger partial charge in [-0.15, -0.1) is 0 Å². The van der Waals surface area contributed by atoms with Crippen LogP contribution in [0.25, 0.3) is 11.1 Å². The first-order chi connectivity index (χ1) is 10.3. The lowest BCUT2D eigenvalue weighted by Gasteiger charge is -2.30. The minimum Gasteiger partial charge on any atom is -0.382 e. The lowest BCUT2D eigenvalue weighted by Crippen LogP contribution is -2.43. The van der Waals surface area contributed by atoms with E-state index in [2.05, 4.69) is 65.8 Å². The van der Waals surface area contributed by atoms with Gasteiger partial charge in [-0.1, -0.05) is 42.5 Å². The predicted octanol–water partition coefficient (Wildman–Crippen LogP) is 3.10. The minimum absolute atomic E-state index is 0.276. The van der Waals surface area contributed by atoms with E-state index in [1.165, 1.54) is 11.1 Å². The topological polar surface area (TPSA) is 24.5 Å². The summed E-state index contributed by atoms with van der Waals surface area (Å²) in [5.41, 5.74) is 3.64. The molecule has 1 N–H and O–H groups in total. The molecule has 1 aliphatic rings. The maximum absolute atomic E-state index is 5.76. The van der Waals surface area contributed by atoms with Crippen LogP contribution >= 0.6 is 0 Å². The zero-order chi connectivity index (χ0) is 14.5. The van der Waals surface area contributed by atoms with E-state index in [1.807, 2.05) is 6.07 Å². The SMILES string of the molecule is CN1CCOC(CNc2ccc(-c3ccccc3)cc2)C1. The van der Waals surface area contributed by atoms with Gasteiger partial charge in [0.2, 0.25) is 0 Å². The molecular formula is C18H22N2O. The summed E-state index contributed by atoms with van der Waals surface area (Å²) in [5, 5.41) is 3.46. The van der Waals surface area contributed by atoms with E-state index in [4.69, 9.17) is 4.74 Å². The number of nitrogens with zero attached hydrogens (tertiary/aromatic N) is 1. The van der Waals surface area contributed by atoms with E-state index >= 15 is 0 Å². The van der Waals surface area contributed by atoms with Crippen LogP contribution < -0.4 is 5.32 Å². The van der Waals surface area contributed by atoms with Crippen molar-refractivity contribution in [3.05, 3.63) is 54.6 Å². The molecule has 3 nitrogen and oxygen atoms in total. The maximum atomic E-state index is 5.76. The van der Waals surface area contributed by atoms with E-state index < -0.39 is 0 Å². The fourth-order valence-corrected chi connectivity index (χ4v) is 2.63. The molecule has 0 amide bonds. The predicted molar refractivity (Wildman–Crippen MR) is 87.6 cm³/mol. The molecule has 3 heteroatoms. The Morgan fingerprint density at radius 2 is 1.76 bits per heavy atom. The van der Waals surface area contributed by atoms with Crippen molar-refractivity contribution in [2.24, 2.45) is 0 Å². The third kappa shape index (κ3) is 3.84. The van der Waals surface area contributed by atoms with Crippen LogP contribution in [0.15, 0.2) is 54.6 Å². The molecule has 0 aromatic heterocycles.